The Hall–Kier alpha value is -4.00. The second-order valence-electron chi connectivity index (χ2n) is 6.49. The number of carbonyl (C=O) groups is 1. The van der Waals surface area contributed by atoms with Gasteiger partial charge in [0.25, 0.3) is 0 Å². The number of aromatic nitrogens is 1. The van der Waals surface area contributed by atoms with Gasteiger partial charge in [0.05, 0.1) is 18.3 Å². The van der Waals surface area contributed by atoms with Gasteiger partial charge >= 0.3 is 6.03 Å². The van der Waals surface area contributed by atoms with Crippen molar-refractivity contribution in [3.63, 3.8) is 0 Å². The zero-order valence-electron chi connectivity index (χ0n) is 15.9. The van der Waals surface area contributed by atoms with Crippen molar-refractivity contribution in [2.75, 3.05) is 17.7 Å². The summed E-state index contributed by atoms with van der Waals surface area (Å²) in [6.45, 7) is 0. The molecule has 0 aliphatic carbocycles. The first-order valence-corrected chi connectivity index (χ1v) is 9.10. The molecule has 0 atom stereocenters. The van der Waals surface area contributed by atoms with Gasteiger partial charge in [-0.3, -0.25) is 4.98 Å². The first-order chi connectivity index (χ1) is 14.5. The molecule has 2 N–H and O–H groups in total. The van der Waals surface area contributed by atoms with Crippen molar-refractivity contribution in [3.8, 4) is 16.9 Å². The lowest BCUT2D eigenvalue weighted by atomic mass is 10.00. The number of methoxy groups -OCH3 is 1. The minimum Gasteiger partial charge on any atom is -0.496 e. The highest BCUT2D eigenvalue weighted by Gasteiger charge is 2.13. The normalized spacial score (nSPS) is 10.6. The van der Waals surface area contributed by atoms with E-state index in [9.17, 15) is 13.6 Å². The molecule has 0 aliphatic rings. The molecule has 3 aromatic carbocycles. The molecule has 0 bridgehead atoms. The molecule has 0 saturated carbocycles. The average molecular weight is 405 g/mol. The lowest BCUT2D eigenvalue weighted by Crippen LogP contribution is -2.20. The van der Waals surface area contributed by atoms with Gasteiger partial charge in [0.1, 0.15) is 17.4 Å². The highest BCUT2D eigenvalue weighted by molar-refractivity contribution is 6.01. The van der Waals surface area contributed by atoms with Crippen molar-refractivity contribution in [1.29, 1.82) is 0 Å². The van der Waals surface area contributed by atoms with Crippen molar-refractivity contribution in [2.45, 2.75) is 0 Å². The van der Waals surface area contributed by atoms with Crippen molar-refractivity contribution >= 4 is 28.3 Å². The fourth-order valence-corrected chi connectivity index (χ4v) is 3.20. The summed E-state index contributed by atoms with van der Waals surface area (Å²) in [6.07, 6.45) is 1.71. The summed E-state index contributed by atoms with van der Waals surface area (Å²) in [4.78, 5) is 16.7. The lowest BCUT2D eigenvalue weighted by molar-refractivity contribution is 0.262. The third-order valence-electron chi connectivity index (χ3n) is 4.58. The Labute approximate surface area is 171 Å². The number of nitrogens with zero attached hydrogens (tertiary/aromatic N) is 1. The van der Waals surface area contributed by atoms with Crippen LogP contribution >= 0.6 is 0 Å². The maximum absolute atomic E-state index is 13.8. The Balaban J connectivity index is 1.65. The first-order valence-electron chi connectivity index (χ1n) is 9.10. The standard InChI is InChI=1S/C23H17F2N3O2/c1-30-22-9-7-15(27-23(29)28-21-8-6-14(24)12-19(21)25)13-18(22)16-10-11-26-20-5-3-2-4-17(16)20/h2-13H,1H3,(H2,27,28,29). The van der Waals surface area contributed by atoms with E-state index >= 15 is 0 Å². The molecule has 0 radical (unpaired) electrons. The topological polar surface area (TPSA) is 63.2 Å². The molecule has 0 spiro atoms. The summed E-state index contributed by atoms with van der Waals surface area (Å²) in [6, 6.07) is 17.0. The van der Waals surface area contributed by atoms with E-state index < -0.39 is 17.7 Å². The number of para-hydroxylation sites is 1. The number of urea groups is 1. The predicted molar refractivity (Wildman–Crippen MR) is 113 cm³/mol. The van der Waals surface area contributed by atoms with Gasteiger partial charge in [0.15, 0.2) is 0 Å². The monoisotopic (exact) mass is 405 g/mol. The number of benzene rings is 3. The number of hydrogen-bond acceptors (Lipinski definition) is 3. The molecular formula is C23H17F2N3O2. The van der Waals surface area contributed by atoms with E-state index in [0.717, 1.165) is 34.2 Å². The zero-order chi connectivity index (χ0) is 21.1. The van der Waals surface area contributed by atoms with Crippen LogP contribution in [-0.4, -0.2) is 18.1 Å². The van der Waals surface area contributed by atoms with Crippen LogP contribution in [0.2, 0.25) is 0 Å². The quantitative estimate of drug-likeness (QED) is 0.449. The Morgan fingerprint density at radius 1 is 0.933 bits per heavy atom. The predicted octanol–water partition coefficient (Wildman–Crippen LogP) is 5.83. The largest absolute Gasteiger partial charge is 0.496 e. The summed E-state index contributed by atoms with van der Waals surface area (Å²) >= 11 is 0. The van der Waals surface area contributed by atoms with Crippen LogP contribution in [-0.2, 0) is 0 Å². The van der Waals surface area contributed by atoms with Crippen molar-refractivity contribution in [2.24, 2.45) is 0 Å². The SMILES string of the molecule is COc1ccc(NC(=O)Nc2ccc(F)cc2F)cc1-c1ccnc2ccccc12. The number of hydrogen-bond donors (Lipinski definition) is 2. The Kier molecular flexibility index (Phi) is 5.26. The lowest BCUT2D eigenvalue weighted by Gasteiger charge is -2.14. The zero-order valence-corrected chi connectivity index (χ0v) is 15.9. The third kappa shape index (κ3) is 3.91. The van der Waals surface area contributed by atoms with Gasteiger partial charge in [-0.1, -0.05) is 18.2 Å². The average Bonchev–Trinajstić information content (AvgIpc) is 2.75. The molecule has 1 aromatic heterocycles. The van der Waals surface area contributed by atoms with E-state index in [1.807, 2.05) is 30.3 Å². The number of anilines is 2. The number of pyridine rings is 1. The Morgan fingerprint density at radius 2 is 1.77 bits per heavy atom. The van der Waals surface area contributed by atoms with Crippen LogP contribution in [0.1, 0.15) is 0 Å². The van der Waals surface area contributed by atoms with E-state index in [1.54, 1.807) is 31.5 Å². The van der Waals surface area contributed by atoms with Crippen LogP contribution in [0.3, 0.4) is 0 Å². The van der Waals surface area contributed by atoms with Gasteiger partial charge < -0.3 is 15.4 Å². The number of carbonyl (C=O) groups excluding carboxylic acids is 1. The first kappa shape index (κ1) is 19.3. The second-order valence-corrected chi connectivity index (χ2v) is 6.49. The molecule has 0 saturated heterocycles. The van der Waals surface area contributed by atoms with Crippen LogP contribution in [0.5, 0.6) is 5.75 Å². The van der Waals surface area contributed by atoms with Crippen molar-refractivity contribution in [3.05, 3.63) is 84.6 Å². The molecule has 4 rings (SSSR count). The maximum Gasteiger partial charge on any atom is 0.323 e. The summed E-state index contributed by atoms with van der Waals surface area (Å²) in [5, 5.41) is 5.97. The second kappa shape index (κ2) is 8.16. The smallest absolute Gasteiger partial charge is 0.323 e. The van der Waals surface area contributed by atoms with Crippen molar-refractivity contribution in [1.82, 2.24) is 4.98 Å². The Morgan fingerprint density at radius 3 is 2.57 bits per heavy atom. The molecule has 0 aliphatic heterocycles. The molecule has 2 amide bonds. The molecule has 0 unspecified atom stereocenters. The number of rotatable bonds is 4. The van der Waals surface area contributed by atoms with E-state index in [4.69, 9.17) is 4.74 Å². The van der Waals surface area contributed by atoms with Gasteiger partial charge in [-0.15, -0.1) is 0 Å². The number of nitrogens with one attached hydrogen (secondary N) is 2. The Bertz CT molecular complexity index is 1240. The van der Waals surface area contributed by atoms with E-state index in [0.29, 0.717) is 17.5 Å². The molecular weight excluding hydrogens is 388 g/mol. The minimum absolute atomic E-state index is 0.122. The number of amides is 2. The van der Waals surface area contributed by atoms with Crippen LogP contribution < -0.4 is 15.4 Å². The number of halogens is 2. The van der Waals surface area contributed by atoms with E-state index in [2.05, 4.69) is 15.6 Å². The number of ether oxygens (including phenoxy) is 1. The van der Waals surface area contributed by atoms with Crippen molar-refractivity contribution < 1.29 is 18.3 Å². The highest BCUT2D eigenvalue weighted by atomic mass is 19.1. The molecule has 5 nitrogen and oxygen atoms in total. The molecule has 4 aromatic rings. The van der Waals surface area contributed by atoms with Crippen LogP contribution in [0, 0.1) is 11.6 Å². The van der Waals surface area contributed by atoms with Crippen LogP contribution in [0.4, 0.5) is 25.0 Å². The fourth-order valence-electron chi connectivity index (χ4n) is 3.20. The van der Waals surface area contributed by atoms with Gasteiger partial charge in [-0.25, -0.2) is 13.6 Å². The summed E-state index contributed by atoms with van der Waals surface area (Å²) in [7, 11) is 1.57. The minimum atomic E-state index is -0.858. The highest BCUT2D eigenvalue weighted by Crippen LogP contribution is 2.36. The van der Waals surface area contributed by atoms with Gasteiger partial charge in [0.2, 0.25) is 0 Å². The summed E-state index contributed by atoms with van der Waals surface area (Å²) in [5.41, 5.74) is 2.85. The molecule has 1 heterocycles. The maximum atomic E-state index is 13.8. The summed E-state index contributed by atoms with van der Waals surface area (Å²) in [5.74, 6) is -0.950. The molecule has 7 heteroatoms. The molecule has 150 valence electrons. The van der Waals surface area contributed by atoms with Gasteiger partial charge in [0, 0.05) is 28.9 Å². The van der Waals surface area contributed by atoms with E-state index in [1.165, 1.54) is 0 Å². The van der Waals surface area contributed by atoms with Crippen LogP contribution in [0.25, 0.3) is 22.0 Å². The third-order valence-corrected chi connectivity index (χ3v) is 4.58. The fraction of sp³-hybridized carbons (Fsp3) is 0.0435. The van der Waals surface area contributed by atoms with Gasteiger partial charge in [-0.2, -0.15) is 0 Å². The van der Waals surface area contributed by atoms with E-state index in [-0.39, 0.29) is 5.69 Å². The summed E-state index contributed by atoms with van der Waals surface area (Å²) < 4.78 is 32.3. The molecule has 30 heavy (non-hydrogen) atoms. The van der Waals surface area contributed by atoms with Gasteiger partial charge in [-0.05, 0) is 48.0 Å². The number of fused-ring (bicyclic) bond motifs is 1. The van der Waals surface area contributed by atoms with Crippen LogP contribution in [0.15, 0.2) is 72.9 Å². The molecule has 0 fully saturated rings.